The maximum atomic E-state index is 14.3. The Morgan fingerprint density at radius 1 is 0.953 bits per heavy atom. The number of Topliss-reactive ketones (excluding diaryl/α,β-unsaturated/α-hetero) is 1. The predicted molar refractivity (Wildman–Crippen MR) is 171 cm³/mol. The average molecular weight is 590 g/mol. The van der Waals surface area contributed by atoms with Gasteiger partial charge in [-0.2, -0.15) is 4.98 Å². The van der Waals surface area contributed by atoms with Gasteiger partial charge in [0.2, 0.25) is 5.95 Å². The van der Waals surface area contributed by atoms with Crippen molar-refractivity contribution in [3.05, 3.63) is 107 Å². The van der Waals surface area contributed by atoms with Crippen molar-refractivity contribution in [3.8, 4) is 16.9 Å². The van der Waals surface area contributed by atoms with Crippen LogP contribution in [-0.2, 0) is 0 Å². The third kappa shape index (κ3) is 5.30. The summed E-state index contributed by atoms with van der Waals surface area (Å²) < 4.78 is 7.70. The van der Waals surface area contributed by atoms with Gasteiger partial charge in [-0.25, -0.2) is 4.98 Å². The number of hydrogen-bond acceptors (Lipinski definition) is 8. The highest BCUT2D eigenvalue weighted by Crippen LogP contribution is 2.36. The Bertz CT molecular complexity index is 1910. The third-order valence-electron chi connectivity index (χ3n) is 8.13. The molecule has 0 amide bonds. The Morgan fingerprint density at radius 3 is 2.49 bits per heavy atom. The van der Waals surface area contributed by atoms with Crippen molar-refractivity contribution in [1.82, 2.24) is 19.4 Å². The van der Waals surface area contributed by atoms with Gasteiger partial charge < -0.3 is 15.0 Å². The maximum absolute atomic E-state index is 14.3. The monoisotopic (exact) mass is 589 g/mol. The van der Waals surface area contributed by atoms with Gasteiger partial charge >= 0.3 is 0 Å². The fraction of sp³-hybridized carbons (Fsp3) is 0.235. The summed E-state index contributed by atoms with van der Waals surface area (Å²) in [6.07, 6.45) is 2.93. The second kappa shape index (κ2) is 11.3. The molecule has 2 aliphatic rings. The average Bonchev–Trinajstić information content (AvgIpc) is 3.43. The quantitative estimate of drug-likeness (QED) is 0.253. The maximum Gasteiger partial charge on any atom is 0.260 e. The molecule has 8 nitrogen and oxygen atoms in total. The fourth-order valence-electron chi connectivity index (χ4n) is 5.88. The van der Waals surface area contributed by atoms with E-state index in [2.05, 4.69) is 22.2 Å². The fourth-order valence-corrected chi connectivity index (χ4v) is 7.02. The van der Waals surface area contributed by atoms with Gasteiger partial charge in [0.1, 0.15) is 23.5 Å². The molecule has 0 spiro atoms. The molecule has 0 bridgehead atoms. The summed E-state index contributed by atoms with van der Waals surface area (Å²) in [6, 6.07) is 24.2. The first kappa shape index (κ1) is 27.4. The van der Waals surface area contributed by atoms with Gasteiger partial charge in [0, 0.05) is 52.1 Å². The zero-order chi connectivity index (χ0) is 29.5. The lowest BCUT2D eigenvalue weighted by molar-refractivity contribution is 0.0932. The number of anilines is 2. The van der Waals surface area contributed by atoms with Crippen LogP contribution in [-0.4, -0.2) is 57.2 Å². The van der Waals surface area contributed by atoms with E-state index in [4.69, 9.17) is 9.72 Å². The van der Waals surface area contributed by atoms with Crippen molar-refractivity contribution in [3.63, 3.8) is 0 Å². The normalized spacial score (nSPS) is 18.5. The van der Waals surface area contributed by atoms with Crippen molar-refractivity contribution in [2.24, 2.45) is 0 Å². The molecule has 9 heteroatoms. The molecule has 3 aromatic carbocycles. The number of pyridine rings is 1. The number of ketones is 1. The summed E-state index contributed by atoms with van der Waals surface area (Å²) in [5.41, 5.74) is 3.92. The highest BCUT2D eigenvalue weighted by molar-refractivity contribution is 7.99. The van der Waals surface area contributed by atoms with E-state index in [0.717, 1.165) is 47.0 Å². The van der Waals surface area contributed by atoms with Crippen LogP contribution in [0.25, 0.3) is 22.2 Å². The van der Waals surface area contributed by atoms with Gasteiger partial charge in [-0.1, -0.05) is 42.5 Å². The summed E-state index contributed by atoms with van der Waals surface area (Å²) in [5, 5.41) is 3.95. The SMILES string of the molecule is Cc1ccccc1-c1cc2cnc(Nc3ccc(OC4CCN(C)C4)cc3)nc2n(C2CSc3ccccc3C2=O)c1=O. The molecular formula is C34H31N5O3S. The number of fused-ring (bicyclic) bond motifs is 2. The lowest BCUT2D eigenvalue weighted by atomic mass is 9.99. The minimum absolute atomic E-state index is 0.0862. The number of nitrogens with zero attached hydrogens (tertiary/aromatic N) is 4. The van der Waals surface area contributed by atoms with Gasteiger partial charge in [0.25, 0.3) is 5.56 Å². The smallest absolute Gasteiger partial charge is 0.260 e. The van der Waals surface area contributed by atoms with Crippen LogP contribution in [0.3, 0.4) is 0 Å². The number of ether oxygens (including phenoxy) is 1. The molecule has 43 heavy (non-hydrogen) atoms. The van der Waals surface area contributed by atoms with Gasteiger partial charge in [-0.05, 0) is 67.9 Å². The number of hydrogen-bond donors (Lipinski definition) is 1. The topological polar surface area (TPSA) is 89.3 Å². The largest absolute Gasteiger partial charge is 0.489 e. The molecule has 4 heterocycles. The lowest BCUT2D eigenvalue weighted by Gasteiger charge is -2.26. The molecule has 216 valence electrons. The molecule has 0 aliphatic carbocycles. The van der Waals surface area contributed by atoms with Crippen LogP contribution < -0.4 is 15.6 Å². The molecule has 7 rings (SSSR count). The van der Waals surface area contributed by atoms with Crippen LogP contribution in [0.5, 0.6) is 5.75 Å². The summed E-state index contributed by atoms with van der Waals surface area (Å²) >= 11 is 1.58. The molecule has 1 saturated heterocycles. The summed E-state index contributed by atoms with van der Waals surface area (Å²) in [7, 11) is 2.10. The Balaban J connectivity index is 1.27. The van der Waals surface area contributed by atoms with E-state index in [9.17, 15) is 9.59 Å². The summed E-state index contributed by atoms with van der Waals surface area (Å²) in [6.45, 7) is 3.94. The van der Waals surface area contributed by atoms with Gasteiger partial charge in [-0.3, -0.25) is 14.2 Å². The lowest BCUT2D eigenvalue weighted by Crippen LogP contribution is -2.35. The molecule has 1 N–H and O–H groups in total. The molecular weight excluding hydrogens is 558 g/mol. The van der Waals surface area contributed by atoms with Crippen molar-refractivity contribution in [1.29, 1.82) is 0 Å². The number of aryl methyl sites for hydroxylation is 1. The van der Waals surface area contributed by atoms with E-state index in [1.807, 2.05) is 85.8 Å². The Morgan fingerprint density at radius 2 is 1.72 bits per heavy atom. The second-order valence-corrected chi connectivity index (χ2v) is 12.2. The van der Waals surface area contributed by atoms with Gasteiger partial charge in [-0.15, -0.1) is 11.8 Å². The van der Waals surface area contributed by atoms with Crippen molar-refractivity contribution < 1.29 is 9.53 Å². The zero-order valence-corrected chi connectivity index (χ0v) is 24.8. The van der Waals surface area contributed by atoms with E-state index in [1.54, 1.807) is 22.5 Å². The Labute approximate surface area is 253 Å². The molecule has 5 aromatic rings. The summed E-state index contributed by atoms with van der Waals surface area (Å²) in [4.78, 5) is 40.7. The van der Waals surface area contributed by atoms with Crippen LogP contribution in [0.2, 0.25) is 0 Å². The standard InChI is InChI=1S/C34H31N5O3S/c1-21-7-3-4-8-26(21)28-17-22-18-35-34(36-23-11-13-24(14-12-23)42-25-15-16-38(2)19-25)37-32(22)39(33(28)41)29-20-43-30-10-6-5-9-27(30)31(29)40/h3-14,17-18,25,29H,15-16,19-20H2,1-2H3,(H,35,36,37). The molecule has 2 unspecified atom stereocenters. The summed E-state index contributed by atoms with van der Waals surface area (Å²) in [5.74, 6) is 1.51. The van der Waals surface area contributed by atoms with E-state index in [-0.39, 0.29) is 17.4 Å². The minimum Gasteiger partial charge on any atom is -0.489 e. The minimum atomic E-state index is -0.701. The molecule has 2 aliphatic heterocycles. The molecule has 1 fully saturated rings. The van der Waals surface area contributed by atoms with E-state index < -0.39 is 6.04 Å². The van der Waals surface area contributed by atoms with E-state index in [0.29, 0.717) is 33.9 Å². The van der Waals surface area contributed by atoms with Crippen LogP contribution in [0.15, 0.2) is 94.7 Å². The van der Waals surface area contributed by atoms with Gasteiger partial charge in [0.05, 0.1) is 0 Å². The van der Waals surface area contributed by atoms with Crippen molar-refractivity contribution in [2.45, 2.75) is 30.4 Å². The number of benzene rings is 3. The van der Waals surface area contributed by atoms with Crippen LogP contribution >= 0.6 is 11.8 Å². The van der Waals surface area contributed by atoms with Crippen LogP contribution in [0.4, 0.5) is 11.6 Å². The van der Waals surface area contributed by atoms with E-state index >= 15 is 0 Å². The Hall–Kier alpha value is -4.47. The molecule has 0 radical (unpaired) electrons. The first-order valence-electron chi connectivity index (χ1n) is 14.4. The van der Waals surface area contributed by atoms with Crippen molar-refractivity contribution >= 4 is 40.2 Å². The van der Waals surface area contributed by atoms with Crippen LogP contribution in [0.1, 0.15) is 28.4 Å². The molecule has 2 aromatic heterocycles. The number of aromatic nitrogens is 3. The number of carbonyl (C=O) groups excluding carboxylic acids is 1. The predicted octanol–water partition coefficient (Wildman–Crippen LogP) is 6.12. The molecule has 2 atom stereocenters. The highest BCUT2D eigenvalue weighted by atomic mass is 32.2. The van der Waals surface area contributed by atoms with Gasteiger partial charge in [0.15, 0.2) is 5.78 Å². The number of thioether (sulfide) groups is 1. The zero-order valence-electron chi connectivity index (χ0n) is 24.0. The Kier molecular flexibility index (Phi) is 7.20. The third-order valence-corrected chi connectivity index (χ3v) is 9.28. The number of rotatable bonds is 6. The van der Waals surface area contributed by atoms with Crippen molar-refractivity contribution in [2.75, 3.05) is 31.2 Å². The van der Waals surface area contributed by atoms with Crippen LogP contribution in [0, 0.1) is 6.92 Å². The number of likely N-dealkylation sites (tertiary alicyclic amines) is 1. The number of carbonyl (C=O) groups is 1. The first-order valence-corrected chi connectivity index (χ1v) is 15.4. The first-order chi connectivity index (χ1) is 20.9. The number of nitrogens with one attached hydrogen (secondary N) is 1. The second-order valence-electron chi connectivity index (χ2n) is 11.1. The van der Waals surface area contributed by atoms with E-state index in [1.165, 1.54) is 0 Å². The number of likely N-dealkylation sites (N-methyl/N-ethyl adjacent to an activating group) is 1. The molecule has 0 saturated carbocycles. The highest BCUT2D eigenvalue weighted by Gasteiger charge is 2.32.